The molecule has 0 aliphatic heterocycles. The monoisotopic (exact) mass is 353 g/mol. The minimum absolute atomic E-state index is 0.0962. The van der Waals surface area contributed by atoms with Gasteiger partial charge in [0.05, 0.1) is 16.5 Å². The van der Waals surface area contributed by atoms with E-state index in [4.69, 9.17) is 16.3 Å². The lowest BCUT2D eigenvalue weighted by Crippen LogP contribution is -2.13. The number of ether oxygens (including phenoxy) is 1. The van der Waals surface area contributed by atoms with Crippen LogP contribution in [0.1, 0.15) is 32.3 Å². The molecular formula is C17H20ClNO3S. The summed E-state index contributed by atoms with van der Waals surface area (Å²) in [5.74, 6) is 0.861. The molecule has 4 nitrogen and oxygen atoms in total. The smallest absolute Gasteiger partial charge is 0.261 e. The van der Waals surface area contributed by atoms with Crippen molar-refractivity contribution in [3.63, 3.8) is 0 Å². The largest absolute Gasteiger partial charge is 0.492 e. The van der Waals surface area contributed by atoms with Gasteiger partial charge in [0.25, 0.3) is 10.0 Å². The van der Waals surface area contributed by atoms with Crippen molar-refractivity contribution in [1.82, 2.24) is 0 Å². The predicted octanol–water partition coefficient (Wildman–Crippen LogP) is 4.66. The number of sulfonamides is 1. The summed E-state index contributed by atoms with van der Waals surface area (Å²) in [6.07, 6.45) is 0. The number of benzene rings is 2. The van der Waals surface area contributed by atoms with Gasteiger partial charge in [-0.1, -0.05) is 37.6 Å². The molecule has 0 saturated carbocycles. The van der Waals surface area contributed by atoms with Gasteiger partial charge >= 0.3 is 0 Å². The van der Waals surface area contributed by atoms with Crippen LogP contribution in [0.2, 0.25) is 5.02 Å². The molecule has 0 fully saturated rings. The molecule has 0 aliphatic carbocycles. The molecule has 23 heavy (non-hydrogen) atoms. The van der Waals surface area contributed by atoms with Crippen molar-refractivity contribution >= 4 is 27.3 Å². The summed E-state index contributed by atoms with van der Waals surface area (Å²) in [5.41, 5.74) is 1.66. The molecule has 0 bridgehead atoms. The first-order chi connectivity index (χ1) is 10.8. The van der Waals surface area contributed by atoms with E-state index in [-0.39, 0.29) is 9.92 Å². The molecule has 0 unspecified atom stereocenters. The third-order valence-electron chi connectivity index (χ3n) is 3.34. The molecule has 2 aromatic carbocycles. The Hall–Kier alpha value is -1.72. The summed E-state index contributed by atoms with van der Waals surface area (Å²) in [5, 5.41) is 0.268. The predicted molar refractivity (Wildman–Crippen MR) is 94.0 cm³/mol. The third kappa shape index (κ3) is 4.39. The van der Waals surface area contributed by atoms with Gasteiger partial charge in [-0.05, 0) is 48.7 Å². The highest BCUT2D eigenvalue weighted by molar-refractivity contribution is 7.92. The number of hydrogen-bond acceptors (Lipinski definition) is 3. The zero-order valence-electron chi connectivity index (χ0n) is 13.3. The van der Waals surface area contributed by atoms with Crippen molar-refractivity contribution < 1.29 is 13.2 Å². The van der Waals surface area contributed by atoms with Crippen molar-refractivity contribution in [2.24, 2.45) is 0 Å². The Balaban J connectivity index is 2.23. The molecular weight excluding hydrogens is 334 g/mol. The van der Waals surface area contributed by atoms with Crippen LogP contribution < -0.4 is 9.46 Å². The van der Waals surface area contributed by atoms with Crippen LogP contribution in [-0.2, 0) is 10.0 Å². The van der Waals surface area contributed by atoms with Gasteiger partial charge < -0.3 is 4.74 Å². The Morgan fingerprint density at radius 2 is 1.78 bits per heavy atom. The lowest BCUT2D eigenvalue weighted by molar-refractivity contribution is 0.340. The summed E-state index contributed by atoms with van der Waals surface area (Å²) < 4.78 is 32.7. The Kier molecular flexibility index (Phi) is 5.55. The van der Waals surface area contributed by atoms with E-state index >= 15 is 0 Å². The quantitative estimate of drug-likeness (QED) is 0.821. The molecule has 1 N–H and O–H groups in total. The van der Waals surface area contributed by atoms with Crippen molar-refractivity contribution in [3.8, 4) is 5.75 Å². The fraction of sp³-hybridized carbons (Fsp3) is 0.294. The average Bonchev–Trinajstić information content (AvgIpc) is 2.49. The molecule has 2 rings (SSSR count). The molecule has 0 aliphatic rings. The van der Waals surface area contributed by atoms with E-state index in [9.17, 15) is 8.42 Å². The average molecular weight is 354 g/mol. The molecule has 0 amide bonds. The van der Waals surface area contributed by atoms with E-state index < -0.39 is 10.0 Å². The highest BCUT2D eigenvalue weighted by Gasteiger charge is 2.16. The summed E-state index contributed by atoms with van der Waals surface area (Å²) in [4.78, 5) is 0.0962. The van der Waals surface area contributed by atoms with Gasteiger partial charge in [0.2, 0.25) is 0 Å². The Morgan fingerprint density at radius 3 is 2.30 bits per heavy atom. The minimum Gasteiger partial charge on any atom is -0.492 e. The second-order valence-electron chi connectivity index (χ2n) is 5.41. The van der Waals surface area contributed by atoms with E-state index in [1.54, 1.807) is 18.2 Å². The maximum atomic E-state index is 12.4. The Morgan fingerprint density at radius 1 is 1.13 bits per heavy atom. The summed E-state index contributed by atoms with van der Waals surface area (Å²) in [7, 11) is -3.69. The maximum Gasteiger partial charge on any atom is 0.261 e. The second kappa shape index (κ2) is 7.23. The standard InChI is InChI=1S/C17H20ClNO3S/c1-4-22-17-10-9-15(11-16(17)18)23(20,21)19-14-7-5-13(6-8-14)12(2)3/h5-12,19H,4H2,1-3H3. The topological polar surface area (TPSA) is 55.4 Å². The van der Waals surface area contributed by atoms with E-state index in [0.717, 1.165) is 5.56 Å². The number of rotatable bonds is 6. The van der Waals surface area contributed by atoms with E-state index in [2.05, 4.69) is 18.6 Å². The molecule has 6 heteroatoms. The van der Waals surface area contributed by atoms with Gasteiger partial charge in [0, 0.05) is 5.69 Å². The molecule has 0 saturated heterocycles. The summed E-state index contributed by atoms with van der Waals surface area (Å²) >= 11 is 6.06. The zero-order valence-corrected chi connectivity index (χ0v) is 14.9. The molecule has 0 atom stereocenters. The maximum absolute atomic E-state index is 12.4. The van der Waals surface area contributed by atoms with Crippen molar-refractivity contribution in [1.29, 1.82) is 0 Å². The van der Waals surface area contributed by atoms with E-state index in [1.807, 2.05) is 19.1 Å². The molecule has 0 radical (unpaired) electrons. The summed E-state index contributed by atoms with van der Waals surface area (Å²) in [6.45, 7) is 6.47. The normalized spacial score (nSPS) is 11.5. The van der Waals surface area contributed by atoms with Crippen LogP contribution in [0, 0.1) is 0 Å². The lowest BCUT2D eigenvalue weighted by Gasteiger charge is -2.11. The zero-order chi connectivity index (χ0) is 17.0. The molecule has 0 heterocycles. The number of anilines is 1. The lowest BCUT2D eigenvalue weighted by atomic mass is 10.0. The SMILES string of the molecule is CCOc1ccc(S(=O)(=O)Nc2ccc(C(C)C)cc2)cc1Cl. The van der Waals surface area contributed by atoms with Crippen molar-refractivity contribution in [3.05, 3.63) is 53.1 Å². The van der Waals surface area contributed by atoms with Crippen LogP contribution >= 0.6 is 11.6 Å². The first-order valence-electron chi connectivity index (χ1n) is 7.38. The number of nitrogens with one attached hydrogen (secondary N) is 1. The van der Waals surface area contributed by atoms with Gasteiger partial charge in [-0.2, -0.15) is 0 Å². The van der Waals surface area contributed by atoms with Crippen LogP contribution in [-0.4, -0.2) is 15.0 Å². The van der Waals surface area contributed by atoms with Crippen molar-refractivity contribution in [2.45, 2.75) is 31.6 Å². The fourth-order valence-corrected chi connectivity index (χ4v) is 3.46. The third-order valence-corrected chi connectivity index (χ3v) is 5.02. The molecule has 0 spiro atoms. The van der Waals surface area contributed by atoms with Gasteiger partial charge in [-0.3, -0.25) is 4.72 Å². The Bertz CT molecular complexity index is 771. The molecule has 0 aromatic heterocycles. The first-order valence-corrected chi connectivity index (χ1v) is 9.24. The van der Waals surface area contributed by atoms with Crippen LogP contribution in [0.3, 0.4) is 0 Å². The fourth-order valence-electron chi connectivity index (χ4n) is 2.07. The van der Waals surface area contributed by atoms with Crippen LogP contribution in [0.5, 0.6) is 5.75 Å². The highest BCUT2D eigenvalue weighted by Crippen LogP contribution is 2.28. The number of halogens is 1. The Labute approximate surface area is 142 Å². The van der Waals surface area contributed by atoms with Gasteiger partial charge in [-0.25, -0.2) is 8.42 Å². The minimum atomic E-state index is -3.69. The van der Waals surface area contributed by atoms with Crippen LogP contribution in [0.25, 0.3) is 0 Å². The second-order valence-corrected chi connectivity index (χ2v) is 7.50. The van der Waals surface area contributed by atoms with E-state index in [0.29, 0.717) is 24.0 Å². The van der Waals surface area contributed by atoms with Gasteiger partial charge in [-0.15, -0.1) is 0 Å². The first kappa shape index (κ1) is 17.6. The van der Waals surface area contributed by atoms with Crippen molar-refractivity contribution in [2.75, 3.05) is 11.3 Å². The highest BCUT2D eigenvalue weighted by atomic mass is 35.5. The number of hydrogen-bond donors (Lipinski definition) is 1. The van der Waals surface area contributed by atoms with Crippen LogP contribution in [0.15, 0.2) is 47.4 Å². The van der Waals surface area contributed by atoms with Gasteiger partial charge in [0.15, 0.2) is 0 Å². The molecule has 2 aromatic rings. The van der Waals surface area contributed by atoms with Crippen LogP contribution in [0.4, 0.5) is 5.69 Å². The summed E-state index contributed by atoms with van der Waals surface area (Å²) in [6, 6.07) is 11.7. The van der Waals surface area contributed by atoms with E-state index in [1.165, 1.54) is 12.1 Å². The van der Waals surface area contributed by atoms with Gasteiger partial charge in [0.1, 0.15) is 5.75 Å². The molecule has 124 valence electrons.